The zero-order chi connectivity index (χ0) is 18.3. The minimum atomic E-state index is -0.515. The van der Waals surface area contributed by atoms with Crippen LogP contribution >= 0.6 is 11.8 Å². The molecule has 5 nitrogen and oxygen atoms in total. The summed E-state index contributed by atoms with van der Waals surface area (Å²) < 4.78 is 5.27. The largest absolute Gasteiger partial charge is 0.444 e. The first-order chi connectivity index (χ1) is 11.8. The average Bonchev–Trinajstić information content (AvgIpc) is 2.57. The van der Waals surface area contributed by atoms with Gasteiger partial charge in [0.15, 0.2) is 0 Å². The van der Waals surface area contributed by atoms with E-state index >= 15 is 0 Å². The van der Waals surface area contributed by atoms with E-state index < -0.39 is 11.7 Å². The van der Waals surface area contributed by atoms with Gasteiger partial charge in [-0.25, -0.2) is 4.79 Å². The van der Waals surface area contributed by atoms with Crippen LogP contribution in [0.1, 0.15) is 40.0 Å². The summed E-state index contributed by atoms with van der Waals surface area (Å²) >= 11 is 1.55. The summed E-state index contributed by atoms with van der Waals surface area (Å²) in [5, 5.41) is 2.81. The highest BCUT2D eigenvalue weighted by molar-refractivity contribution is 8.00. The average molecular weight is 365 g/mol. The standard InChI is InChI=1S/C19H28N2O3S/c1-19(2,3)24-18(23)20-13-15-9-7-8-12-21(15)17(22)14-25-16-10-5-4-6-11-16/h4-6,10-11,15H,7-9,12-14H2,1-3H3,(H,20,23)/t15-/m1/s1. The molecule has 1 saturated heterocycles. The molecule has 0 radical (unpaired) electrons. The van der Waals surface area contributed by atoms with Gasteiger partial charge in [-0.1, -0.05) is 18.2 Å². The van der Waals surface area contributed by atoms with Crippen LogP contribution in [0.3, 0.4) is 0 Å². The minimum Gasteiger partial charge on any atom is -0.444 e. The normalized spacial score (nSPS) is 17.9. The number of carbonyl (C=O) groups excluding carboxylic acids is 2. The molecular formula is C19H28N2O3S. The number of piperidine rings is 1. The van der Waals surface area contributed by atoms with Crippen molar-refractivity contribution >= 4 is 23.8 Å². The molecule has 138 valence electrons. The summed E-state index contributed by atoms with van der Waals surface area (Å²) in [6, 6.07) is 9.98. The molecule has 1 N–H and O–H groups in total. The van der Waals surface area contributed by atoms with E-state index in [1.54, 1.807) is 11.8 Å². The molecule has 1 aliphatic heterocycles. The third-order valence-corrected chi connectivity index (χ3v) is 4.93. The number of nitrogens with one attached hydrogen (secondary N) is 1. The Morgan fingerprint density at radius 1 is 1.24 bits per heavy atom. The molecule has 2 amide bonds. The van der Waals surface area contributed by atoms with Gasteiger partial charge in [0.1, 0.15) is 5.60 Å². The number of nitrogens with zero attached hydrogens (tertiary/aromatic N) is 1. The molecule has 0 spiro atoms. The second kappa shape index (κ2) is 9.13. The Kier molecular flexibility index (Phi) is 7.17. The highest BCUT2D eigenvalue weighted by atomic mass is 32.2. The lowest BCUT2D eigenvalue weighted by Gasteiger charge is -2.36. The molecule has 0 aromatic heterocycles. The van der Waals surface area contributed by atoms with Crippen molar-refractivity contribution in [1.82, 2.24) is 10.2 Å². The molecule has 0 unspecified atom stereocenters. The first-order valence-corrected chi connectivity index (χ1v) is 9.78. The fourth-order valence-corrected chi connectivity index (χ4v) is 3.61. The van der Waals surface area contributed by atoms with Gasteiger partial charge < -0.3 is 15.0 Å². The molecule has 6 heteroatoms. The SMILES string of the molecule is CC(C)(C)OC(=O)NC[C@H]1CCCCN1C(=O)CSc1ccccc1. The number of amides is 2. The Morgan fingerprint density at radius 2 is 1.96 bits per heavy atom. The van der Waals surface area contributed by atoms with E-state index in [0.29, 0.717) is 12.3 Å². The molecule has 1 heterocycles. The van der Waals surface area contributed by atoms with Crippen molar-refractivity contribution in [1.29, 1.82) is 0 Å². The van der Waals surface area contributed by atoms with E-state index in [9.17, 15) is 9.59 Å². The lowest BCUT2D eigenvalue weighted by atomic mass is 10.0. The lowest BCUT2D eigenvalue weighted by Crippen LogP contribution is -2.50. The van der Waals surface area contributed by atoms with E-state index in [1.165, 1.54) is 0 Å². The number of hydrogen-bond acceptors (Lipinski definition) is 4. The van der Waals surface area contributed by atoms with Crippen LogP contribution in [0.15, 0.2) is 35.2 Å². The minimum absolute atomic E-state index is 0.0464. The first kappa shape index (κ1) is 19.6. The van der Waals surface area contributed by atoms with Gasteiger partial charge in [0.25, 0.3) is 0 Å². The Balaban J connectivity index is 1.84. The summed E-state index contributed by atoms with van der Waals surface area (Å²) in [5.74, 6) is 0.553. The van der Waals surface area contributed by atoms with E-state index in [1.807, 2.05) is 56.0 Å². The van der Waals surface area contributed by atoms with E-state index in [0.717, 1.165) is 30.7 Å². The third-order valence-electron chi connectivity index (χ3n) is 3.93. The van der Waals surface area contributed by atoms with Crippen LogP contribution in [0.2, 0.25) is 0 Å². The van der Waals surface area contributed by atoms with Crippen LogP contribution in [0.5, 0.6) is 0 Å². The quantitative estimate of drug-likeness (QED) is 0.810. The van der Waals surface area contributed by atoms with Crippen LogP contribution < -0.4 is 5.32 Å². The van der Waals surface area contributed by atoms with E-state index in [2.05, 4.69) is 5.32 Å². The zero-order valence-electron chi connectivity index (χ0n) is 15.3. The Hall–Kier alpha value is -1.69. The van der Waals surface area contributed by atoms with Crippen molar-refractivity contribution in [3.05, 3.63) is 30.3 Å². The molecule has 1 aromatic carbocycles. The van der Waals surface area contributed by atoms with Crippen molar-refractivity contribution in [3.63, 3.8) is 0 Å². The first-order valence-electron chi connectivity index (χ1n) is 8.79. The Morgan fingerprint density at radius 3 is 2.64 bits per heavy atom. The smallest absolute Gasteiger partial charge is 0.407 e. The van der Waals surface area contributed by atoms with Crippen LogP contribution in [0.4, 0.5) is 4.79 Å². The van der Waals surface area contributed by atoms with Gasteiger partial charge in [0, 0.05) is 24.0 Å². The van der Waals surface area contributed by atoms with Gasteiger partial charge in [0.2, 0.25) is 5.91 Å². The highest BCUT2D eigenvalue weighted by Crippen LogP contribution is 2.21. The molecule has 0 saturated carbocycles. The maximum Gasteiger partial charge on any atom is 0.407 e. The van der Waals surface area contributed by atoms with Crippen LogP contribution in [-0.2, 0) is 9.53 Å². The third kappa shape index (κ3) is 6.98. The number of benzene rings is 1. The molecule has 1 atom stereocenters. The molecule has 25 heavy (non-hydrogen) atoms. The second-order valence-electron chi connectivity index (χ2n) is 7.22. The van der Waals surface area contributed by atoms with Crippen molar-refractivity contribution in [2.45, 2.75) is 56.6 Å². The van der Waals surface area contributed by atoms with Crippen LogP contribution in [-0.4, -0.2) is 47.4 Å². The van der Waals surface area contributed by atoms with Gasteiger partial charge in [0.05, 0.1) is 5.75 Å². The van der Waals surface area contributed by atoms with Gasteiger partial charge in [-0.05, 0) is 52.2 Å². The summed E-state index contributed by atoms with van der Waals surface area (Å²) in [6.07, 6.45) is 2.59. The molecular weight excluding hydrogens is 336 g/mol. The lowest BCUT2D eigenvalue weighted by molar-refractivity contribution is -0.131. The summed E-state index contributed by atoms with van der Waals surface area (Å²) in [7, 11) is 0. The molecule has 1 aromatic rings. The van der Waals surface area contributed by atoms with Crippen molar-refractivity contribution in [2.75, 3.05) is 18.8 Å². The fraction of sp³-hybridized carbons (Fsp3) is 0.579. The maximum absolute atomic E-state index is 12.6. The second-order valence-corrected chi connectivity index (χ2v) is 8.27. The van der Waals surface area contributed by atoms with E-state index in [-0.39, 0.29) is 11.9 Å². The number of thioether (sulfide) groups is 1. The molecule has 2 rings (SSSR count). The van der Waals surface area contributed by atoms with Crippen molar-refractivity contribution in [2.24, 2.45) is 0 Å². The van der Waals surface area contributed by atoms with Gasteiger partial charge >= 0.3 is 6.09 Å². The zero-order valence-corrected chi connectivity index (χ0v) is 16.1. The summed E-state index contributed by atoms with van der Waals surface area (Å²) in [5.41, 5.74) is -0.515. The Bertz CT molecular complexity index is 572. The number of carbonyl (C=O) groups is 2. The van der Waals surface area contributed by atoms with Crippen molar-refractivity contribution < 1.29 is 14.3 Å². The van der Waals surface area contributed by atoms with Crippen molar-refractivity contribution in [3.8, 4) is 0 Å². The Labute approximate surface area is 154 Å². The maximum atomic E-state index is 12.6. The van der Waals surface area contributed by atoms with Crippen LogP contribution in [0, 0.1) is 0 Å². The summed E-state index contributed by atoms with van der Waals surface area (Å²) in [6.45, 7) is 6.71. The molecule has 1 aliphatic rings. The number of ether oxygens (including phenoxy) is 1. The molecule has 1 fully saturated rings. The monoisotopic (exact) mass is 364 g/mol. The van der Waals surface area contributed by atoms with Crippen LogP contribution in [0.25, 0.3) is 0 Å². The predicted octanol–water partition coefficient (Wildman–Crippen LogP) is 3.68. The fourth-order valence-electron chi connectivity index (χ4n) is 2.80. The number of hydrogen-bond donors (Lipinski definition) is 1. The predicted molar refractivity (Wildman–Crippen MR) is 101 cm³/mol. The number of alkyl carbamates (subject to hydrolysis) is 1. The number of likely N-dealkylation sites (tertiary alicyclic amines) is 1. The van der Waals surface area contributed by atoms with E-state index in [4.69, 9.17) is 4.74 Å². The summed E-state index contributed by atoms with van der Waals surface area (Å²) in [4.78, 5) is 27.5. The molecule has 0 bridgehead atoms. The highest BCUT2D eigenvalue weighted by Gasteiger charge is 2.27. The van der Waals surface area contributed by atoms with Gasteiger partial charge in [-0.3, -0.25) is 4.79 Å². The van der Waals surface area contributed by atoms with Gasteiger partial charge in [-0.15, -0.1) is 11.8 Å². The number of rotatable bonds is 5. The molecule has 0 aliphatic carbocycles. The van der Waals surface area contributed by atoms with Gasteiger partial charge in [-0.2, -0.15) is 0 Å². The topological polar surface area (TPSA) is 58.6 Å².